The summed E-state index contributed by atoms with van der Waals surface area (Å²) in [5.41, 5.74) is 0.979. The van der Waals surface area contributed by atoms with E-state index in [1.165, 1.54) is 18.4 Å². The van der Waals surface area contributed by atoms with Gasteiger partial charge < -0.3 is 19.5 Å². The van der Waals surface area contributed by atoms with E-state index in [1.807, 2.05) is 26.0 Å². The van der Waals surface area contributed by atoms with E-state index in [9.17, 15) is 14.7 Å². The molecule has 0 aliphatic carbocycles. The van der Waals surface area contributed by atoms with Crippen molar-refractivity contribution in [3.8, 4) is 22.1 Å². The van der Waals surface area contributed by atoms with Crippen LogP contribution in [-0.4, -0.2) is 45.7 Å². The predicted octanol–water partition coefficient (Wildman–Crippen LogP) is 5.16. The highest BCUT2D eigenvalue weighted by atomic mass is 32.1. The Kier molecular flexibility index (Phi) is 8.58. The number of hydrogen-bond donors (Lipinski definition) is 1. The molecular weight excluding hydrogens is 466 g/mol. The summed E-state index contributed by atoms with van der Waals surface area (Å²) < 4.78 is 11.0. The lowest BCUT2D eigenvalue weighted by molar-refractivity contribution is -0.128. The zero-order valence-corrected chi connectivity index (χ0v) is 21.5. The minimum atomic E-state index is -1.04. The second-order valence-electron chi connectivity index (χ2n) is 8.33. The molecule has 0 bridgehead atoms. The van der Waals surface area contributed by atoms with Crippen LogP contribution in [0.5, 0.6) is 11.5 Å². The SMILES string of the molecule is CC.COC(=O)c1ccc(CN2CCCC2=O)c(Oc2ccc(-c3nnc(C(C)(C)O)s3)cc2)c1. The van der Waals surface area contributed by atoms with Crippen LogP contribution in [0.3, 0.4) is 0 Å². The first kappa shape index (κ1) is 26.3. The van der Waals surface area contributed by atoms with Gasteiger partial charge in [0.2, 0.25) is 5.91 Å². The van der Waals surface area contributed by atoms with Crippen LogP contribution in [0.4, 0.5) is 0 Å². The number of aromatic nitrogens is 2. The standard InChI is InChI=1S/C24H25N3O5S.C2H6/c1-24(2,30)23-26-25-21(33-23)15-8-10-18(11-9-15)32-19-13-16(22(29)31-3)6-7-17(19)14-27-12-4-5-20(27)28;1-2/h6-11,13,30H,4-5,12,14H2,1-3H3;1-2H3. The summed E-state index contributed by atoms with van der Waals surface area (Å²) in [4.78, 5) is 25.9. The van der Waals surface area contributed by atoms with E-state index in [1.54, 1.807) is 49.1 Å². The van der Waals surface area contributed by atoms with Crippen LogP contribution in [0.1, 0.15) is 61.5 Å². The Morgan fingerprint density at radius 1 is 1.14 bits per heavy atom. The molecule has 1 fully saturated rings. The molecule has 9 heteroatoms. The molecule has 1 amide bonds. The van der Waals surface area contributed by atoms with E-state index >= 15 is 0 Å². The fourth-order valence-electron chi connectivity index (χ4n) is 3.48. The van der Waals surface area contributed by atoms with Crippen LogP contribution >= 0.6 is 11.3 Å². The molecule has 0 unspecified atom stereocenters. The van der Waals surface area contributed by atoms with Crippen molar-refractivity contribution in [2.75, 3.05) is 13.7 Å². The number of benzene rings is 2. The number of likely N-dealkylation sites (tertiary alicyclic amines) is 1. The smallest absolute Gasteiger partial charge is 0.337 e. The second-order valence-corrected chi connectivity index (χ2v) is 9.31. The van der Waals surface area contributed by atoms with E-state index in [4.69, 9.17) is 9.47 Å². The van der Waals surface area contributed by atoms with Gasteiger partial charge in [-0.15, -0.1) is 10.2 Å². The molecule has 2 aromatic carbocycles. The minimum absolute atomic E-state index is 0.116. The molecule has 1 aliphatic heterocycles. The van der Waals surface area contributed by atoms with Crippen molar-refractivity contribution in [3.05, 3.63) is 58.6 Å². The molecule has 0 radical (unpaired) electrons. The normalized spacial score (nSPS) is 13.3. The summed E-state index contributed by atoms with van der Waals surface area (Å²) >= 11 is 1.33. The Balaban J connectivity index is 0.00000167. The first-order valence-corrected chi connectivity index (χ1v) is 12.4. The van der Waals surface area contributed by atoms with Crippen molar-refractivity contribution in [2.24, 2.45) is 0 Å². The summed E-state index contributed by atoms with van der Waals surface area (Å²) in [5.74, 6) is 0.718. The molecule has 35 heavy (non-hydrogen) atoms. The first-order valence-electron chi connectivity index (χ1n) is 11.6. The van der Waals surface area contributed by atoms with Gasteiger partial charge in [0.15, 0.2) is 0 Å². The molecule has 0 atom stereocenters. The van der Waals surface area contributed by atoms with Crippen LogP contribution in [0.25, 0.3) is 10.6 Å². The van der Waals surface area contributed by atoms with Crippen LogP contribution in [0.2, 0.25) is 0 Å². The first-order chi connectivity index (χ1) is 16.7. The van der Waals surface area contributed by atoms with Gasteiger partial charge in [0, 0.05) is 30.6 Å². The molecule has 4 rings (SSSR count). The Hall–Kier alpha value is -3.30. The average Bonchev–Trinajstić information content (AvgIpc) is 3.51. The van der Waals surface area contributed by atoms with E-state index in [0.29, 0.717) is 46.6 Å². The Labute approximate surface area is 209 Å². The van der Waals surface area contributed by atoms with Crippen molar-refractivity contribution in [3.63, 3.8) is 0 Å². The van der Waals surface area contributed by atoms with E-state index in [-0.39, 0.29) is 5.91 Å². The number of rotatable bonds is 7. The number of nitrogens with zero attached hydrogens (tertiary/aromatic N) is 3. The van der Waals surface area contributed by atoms with Crippen LogP contribution in [0, 0.1) is 0 Å². The lowest BCUT2D eigenvalue weighted by atomic mass is 10.1. The van der Waals surface area contributed by atoms with Crippen molar-refractivity contribution >= 4 is 23.2 Å². The predicted molar refractivity (Wildman–Crippen MR) is 134 cm³/mol. The highest BCUT2D eigenvalue weighted by Gasteiger charge is 2.23. The third-order valence-electron chi connectivity index (χ3n) is 5.30. The van der Waals surface area contributed by atoms with Gasteiger partial charge in [-0.1, -0.05) is 31.3 Å². The molecule has 1 saturated heterocycles. The zero-order valence-electron chi connectivity index (χ0n) is 20.7. The van der Waals surface area contributed by atoms with Crippen LogP contribution in [0.15, 0.2) is 42.5 Å². The average molecular weight is 498 g/mol. The van der Waals surface area contributed by atoms with Gasteiger partial charge >= 0.3 is 5.97 Å². The molecule has 2 heterocycles. The largest absolute Gasteiger partial charge is 0.465 e. The fourth-order valence-corrected chi connectivity index (χ4v) is 4.33. The van der Waals surface area contributed by atoms with Gasteiger partial charge in [-0.3, -0.25) is 4.79 Å². The summed E-state index contributed by atoms with van der Waals surface area (Å²) in [6.07, 6.45) is 1.40. The number of methoxy groups -OCH3 is 1. The van der Waals surface area contributed by atoms with Gasteiger partial charge in [-0.05, 0) is 56.7 Å². The molecule has 1 aliphatic rings. The number of aliphatic hydroxyl groups is 1. The van der Waals surface area contributed by atoms with Crippen molar-refractivity contribution < 1.29 is 24.2 Å². The van der Waals surface area contributed by atoms with Crippen LogP contribution < -0.4 is 4.74 Å². The highest BCUT2D eigenvalue weighted by molar-refractivity contribution is 7.14. The monoisotopic (exact) mass is 497 g/mol. The van der Waals surface area contributed by atoms with Crippen molar-refractivity contribution in [2.45, 2.75) is 52.7 Å². The molecule has 186 valence electrons. The van der Waals surface area contributed by atoms with Crippen molar-refractivity contribution in [1.29, 1.82) is 0 Å². The van der Waals surface area contributed by atoms with E-state index in [2.05, 4.69) is 10.2 Å². The molecular formula is C26H31N3O5S. The van der Waals surface area contributed by atoms with Gasteiger partial charge in [0.1, 0.15) is 27.1 Å². The number of carbonyl (C=O) groups is 2. The lowest BCUT2D eigenvalue weighted by Crippen LogP contribution is -2.24. The Morgan fingerprint density at radius 3 is 2.43 bits per heavy atom. The molecule has 0 saturated carbocycles. The van der Waals surface area contributed by atoms with E-state index in [0.717, 1.165) is 17.5 Å². The quantitative estimate of drug-likeness (QED) is 0.450. The Morgan fingerprint density at radius 2 is 1.86 bits per heavy atom. The third kappa shape index (κ3) is 6.43. The minimum Gasteiger partial charge on any atom is -0.465 e. The maximum atomic E-state index is 12.1. The van der Waals surface area contributed by atoms with Gasteiger partial charge in [-0.25, -0.2) is 4.79 Å². The number of hydrogen-bond acceptors (Lipinski definition) is 8. The summed E-state index contributed by atoms with van der Waals surface area (Å²) in [6, 6.07) is 12.4. The van der Waals surface area contributed by atoms with Crippen LogP contribution in [-0.2, 0) is 21.7 Å². The van der Waals surface area contributed by atoms with Gasteiger partial charge in [0.25, 0.3) is 0 Å². The molecule has 8 nitrogen and oxygen atoms in total. The summed E-state index contributed by atoms with van der Waals surface area (Å²) in [5, 5.41) is 19.6. The summed E-state index contributed by atoms with van der Waals surface area (Å²) in [7, 11) is 1.33. The number of carbonyl (C=O) groups excluding carboxylic acids is 2. The van der Waals surface area contributed by atoms with Crippen molar-refractivity contribution in [1.82, 2.24) is 15.1 Å². The third-order valence-corrected chi connectivity index (χ3v) is 6.58. The maximum Gasteiger partial charge on any atom is 0.337 e. The number of amides is 1. The fraction of sp³-hybridized carbons (Fsp3) is 0.385. The van der Waals surface area contributed by atoms with E-state index < -0.39 is 11.6 Å². The topological polar surface area (TPSA) is 102 Å². The van der Waals surface area contributed by atoms with Gasteiger partial charge in [0.05, 0.1) is 12.7 Å². The Bertz CT molecular complexity index is 1170. The number of esters is 1. The molecule has 1 aromatic heterocycles. The molecule has 0 spiro atoms. The second kappa shape index (κ2) is 11.4. The lowest BCUT2D eigenvalue weighted by Gasteiger charge is -2.19. The number of ether oxygens (including phenoxy) is 2. The van der Waals surface area contributed by atoms with Gasteiger partial charge in [-0.2, -0.15) is 0 Å². The highest BCUT2D eigenvalue weighted by Crippen LogP contribution is 2.33. The molecule has 3 aromatic rings. The maximum absolute atomic E-state index is 12.1. The zero-order chi connectivity index (χ0) is 25.6. The summed E-state index contributed by atoms with van der Waals surface area (Å²) in [6.45, 7) is 8.46. The molecule has 1 N–H and O–H groups in total.